The molecular weight excluding hydrogens is 260 g/mol. The largest absolute Gasteiger partial charge is 0.353 e. The fourth-order valence-corrected chi connectivity index (χ4v) is 3.43. The predicted molar refractivity (Wildman–Crippen MR) is 86.9 cm³/mol. The summed E-state index contributed by atoms with van der Waals surface area (Å²) in [5.41, 5.74) is 1.65. The highest BCUT2D eigenvalue weighted by Crippen LogP contribution is 2.32. The van der Waals surface area contributed by atoms with Gasteiger partial charge in [-0.05, 0) is 37.3 Å². The zero-order valence-electron chi connectivity index (χ0n) is 12.9. The Morgan fingerprint density at radius 3 is 2.76 bits per heavy atom. The number of rotatable bonds is 2. The first-order chi connectivity index (χ1) is 10.1. The average Bonchev–Trinajstić information content (AvgIpc) is 2.49. The molecule has 0 amide bonds. The molecule has 0 aliphatic carbocycles. The Morgan fingerprint density at radius 1 is 1.24 bits per heavy atom. The minimum Gasteiger partial charge on any atom is -0.353 e. The number of pyridine rings is 1. The van der Waals surface area contributed by atoms with Crippen molar-refractivity contribution in [2.75, 3.05) is 11.4 Å². The highest BCUT2D eigenvalue weighted by Gasteiger charge is 2.30. The van der Waals surface area contributed by atoms with E-state index in [1.54, 1.807) is 0 Å². The minimum absolute atomic E-state index is 0.411. The highest BCUT2D eigenvalue weighted by atomic mass is 16.1. The van der Waals surface area contributed by atoms with Crippen LogP contribution in [0.2, 0.25) is 0 Å². The van der Waals surface area contributed by atoms with E-state index in [0.29, 0.717) is 23.4 Å². The monoisotopic (exact) mass is 282 g/mol. The molecule has 1 saturated heterocycles. The zero-order valence-corrected chi connectivity index (χ0v) is 12.9. The topological polar surface area (TPSA) is 33.2 Å². The number of fused-ring (bicyclic) bond motifs is 1. The lowest BCUT2D eigenvalue weighted by Crippen LogP contribution is -2.46. The summed E-state index contributed by atoms with van der Waals surface area (Å²) >= 11 is 0. The Kier molecular flexibility index (Phi) is 3.66. The molecule has 21 heavy (non-hydrogen) atoms. The van der Waals surface area contributed by atoms with Crippen molar-refractivity contribution < 1.29 is 4.79 Å². The van der Waals surface area contributed by atoms with Gasteiger partial charge in [-0.1, -0.05) is 32.0 Å². The van der Waals surface area contributed by atoms with Crippen molar-refractivity contribution in [1.29, 1.82) is 0 Å². The lowest BCUT2D eigenvalue weighted by molar-refractivity contribution is 0.112. The molecule has 1 fully saturated rings. The van der Waals surface area contributed by atoms with E-state index in [2.05, 4.69) is 25.7 Å². The summed E-state index contributed by atoms with van der Waals surface area (Å²) in [6.07, 6.45) is 2.17. The number of hydrogen-bond donors (Lipinski definition) is 0. The Hall–Kier alpha value is -1.90. The van der Waals surface area contributed by atoms with Crippen LogP contribution in [0.4, 0.5) is 5.82 Å². The molecule has 3 nitrogen and oxygen atoms in total. The number of piperidine rings is 1. The molecule has 1 aromatic carbocycles. The normalized spacial score (nSPS) is 26.0. The third-order valence-electron chi connectivity index (χ3n) is 4.73. The Balaban J connectivity index is 2.11. The summed E-state index contributed by atoms with van der Waals surface area (Å²) in [6.45, 7) is 7.77. The first-order valence-electron chi connectivity index (χ1n) is 7.71. The summed E-state index contributed by atoms with van der Waals surface area (Å²) in [4.78, 5) is 18.6. The molecule has 3 heteroatoms. The Morgan fingerprint density at radius 2 is 2.00 bits per heavy atom. The van der Waals surface area contributed by atoms with Crippen molar-refractivity contribution in [2.24, 2.45) is 11.8 Å². The number of nitrogens with zero attached hydrogens (tertiary/aromatic N) is 2. The van der Waals surface area contributed by atoms with E-state index < -0.39 is 0 Å². The molecule has 2 heterocycles. The number of hydrogen-bond acceptors (Lipinski definition) is 3. The number of anilines is 1. The molecule has 3 rings (SSSR count). The summed E-state index contributed by atoms with van der Waals surface area (Å²) < 4.78 is 0. The maximum atomic E-state index is 11.5. The van der Waals surface area contributed by atoms with E-state index in [1.807, 2.05) is 30.3 Å². The maximum Gasteiger partial charge on any atom is 0.153 e. The number of aldehydes is 1. The number of benzene rings is 1. The first kappa shape index (κ1) is 14.1. The third-order valence-corrected chi connectivity index (χ3v) is 4.73. The van der Waals surface area contributed by atoms with Crippen molar-refractivity contribution in [3.8, 4) is 0 Å². The van der Waals surface area contributed by atoms with Gasteiger partial charge in [0.1, 0.15) is 5.82 Å². The second-order valence-electron chi connectivity index (χ2n) is 6.42. The van der Waals surface area contributed by atoms with Crippen molar-refractivity contribution in [3.05, 3.63) is 35.9 Å². The van der Waals surface area contributed by atoms with E-state index in [9.17, 15) is 4.79 Å². The van der Waals surface area contributed by atoms with Gasteiger partial charge in [-0.2, -0.15) is 0 Å². The number of aromatic nitrogens is 1. The Bertz CT molecular complexity index is 667. The van der Waals surface area contributed by atoms with Crippen LogP contribution in [0, 0.1) is 11.8 Å². The zero-order chi connectivity index (χ0) is 15.0. The Labute approximate surface area is 126 Å². The van der Waals surface area contributed by atoms with Crippen LogP contribution in [0.15, 0.2) is 30.3 Å². The summed E-state index contributed by atoms with van der Waals surface area (Å²) in [6, 6.07) is 10.4. The van der Waals surface area contributed by atoms with E-state index >= 15 is 0 Å². The van der Waals surface area contributed by atoms with Gasteiger partial charge in [-0.25, -0.2) is 4.98 Å². The number of carbonyl (C=O) groups is 1. The summed E-state index contributed by atoms with van der Waals surface area (Å²) in [5.74, 6) is 2.08. The van der Waals surface area contributed by atoms with Crippen molar-refractivity contribution in [2.45, 2.75) is 33.2 Å². The van der Waals surface area contributed by atoms with Crippen molar-refractivity contribution in [3.63, 3.8) is 0 Å². The van der Waals surface area contributed by atoms with Crippen LogP contribution in [0.25, 0.3) is 10.9 Å². The molecule has 0 N–H and O–H groups in total. The molecular formula is C18H22N2O. The van der Waals surface area contributed by atoms with Gasteiger partial charge < -0.3 is 4.90 Å². The van der Waals surface area contributed by atoms with Crippen LogP contribution in [-0.2, 0) is 0 Å². The lowest BCUT2D eigenvalue weighted by atomic mass is 9.86. The van der Waals surface area contributed by atoms with Crippen LogP contribution >= 0.6 is 0 Å². The van der Waals surface area contributed by atoms with Gasteiger partial charge in [-0.3, -0.25) is 4.79 Å². The number of carbonyl (C=O) groups excluding carboxylic acids is 1. The molecule has 0 bridgehead atoms. The summed E-state index contributed by atoms with van der Waals surface area (Å²) in [7, 11) is 0. The molecule has 110 valence electrons. The minimum atomic E-state index is 0.411. The van der Waals surface area contributed by atoms with Crippen LogP contribution in [0.1, 0.15) is 37.6 Å². The molecule has 0 radical (unpaired) electrons. The predicted octanol–water partition coefficient (Wildman–Crippen LogP) is 3.92. The third kappa shape index (κ3) is 2.53. The molecule has 3 unspecified atom stereocenters. The summed E-state index contributed by atoms with van der Waals surface area (Å²) in [5, 5.41) is 1.02. The molecule has 0 saturated carbocycles. The molecule has 1 aliphatic rings. The van der Waals surface area contributed by atoms with Gasteiger partial charge in [-0.15, -0.1) is 0 Å². The standard InChI is InChI=1S/C18H22N2O/c1-12-8-13(2)14(3)20(10-12)18-16(11-21)9-15-6-4-5-7-17(15)19-18/h4-7,9,11-14H,8,10H2,1-3H3. The lowest BCUT2D eigenvalue weighted by Gasteiger charge is -2.42. The van der Waals surface area contributed by atoms with Gasteiger partial charge in [0, 0.05) is 18.0 Å². The number of para-hydroxylation sites is 1. The first-order valence-corrected chi connectivity index (χ1v) is 7.71. The smallest absolute Gasteiger partial charge is 0.153 e. The quantitative estimate of drug-likeness (QED) is 0.783. The molecule has 1 aromatic heterocycles. The molecule has 0 spiro atoms. The van der Waals surface area contributed by atoms with Crippen molar-refractivity contribution >= 4 is 23.0 Å². The van der Waals surface area contributed by atoms with E-state index in [4.69, 9.17) is 4.98 Å². The van der Waals surface area contributed by atoms with Crippen LogP contribution in [-0.4, -0.2) is 23.9 Å². The van der Waals surface area contributed by atoms with Gasteiger partial charge in [0.15, 0.2) is 6.29 Å². The van der Waals surface area contributed by atoms with Crippen LogP contribution < -0.4 is 4.90 Å². The maximum absolute atomic E-state index is 11.5. The van der Waals surface area contributed by atoms with Gasteiger partial charge in [0.05, 0.1) is 11.1 Å². The fourth-order valence-electron chi connectivity index (χ4n) is 3.43. The highest BCUT2D eigenvalue weighted by molar-refractivity contribution is 5.91. The van der Waals surface area contributed by atoms with Gasteiger partial charge in [0.2, 0.25) is 0 Å². The van der Waals surface area contributed by atoms with E-state index in [-0.39, 0.29) is 0 Å². The van der Waals surface area contributed by atoms with Crippen molar-refractivity contribution in [1.82, 2.24) is 4.98 Å². The van der Waals surface area contributed by atoms with Gasteiger partial charge >= 0.3 is 0 Å². The van der Waals surface area contributed by atoms with E-state index in [1.165, 1.54) is 6.42 Å². The molecule has 1 aliphatic heterocycles. The van der Waals surface area contributed by atoms with Gasteiger partial charge in [0.25, 0.3) is 0 Å². The average molecular weight is 282 g/mol. The SMILES string of the molecule is CC1CC(C)C(C)N(c2nc3ccccc3cc2C=O)C1. The van der Waals surface area contributed by atoms with E-state index in [0.717, 1.165) is 29.6 Å². The fraction of sp³-hybridized carbons (Fsp3) is 0.444. The second-order valence-corrected chi connectivity index (χ2v) is 6.42. The second kappa shape index (κ2) is 5.47. The van der Waals surface area contributed by atoms with Crippen LogP contribution in [0.5, 0.6) is 0 Å². The molecule has 3 atom stereocenters. The molecule has 2 aromatic rings. The van der Waals surface area contributed by atoms with Crippen LogP contribution in [0.3, 0.4) is 0 Å².